The molecule has 1 aromatic rings. The molecule has 88 valence electrons. The number of nitrogens with two attached hydrogens (primary N) is 1. The Balaban J connectivity index is 2.15. The van der Waals surface area contributed by atoms with Crippen LogP contribution >= 0.6 is 0 Å². The van der Waals surface area contributed by atoms with Crippen molar-refractivity contribution in [2.45, 2.75) is 39.3 Å². The third-order valence-electron chi connectivity index (χ3n) is 3.46. The predicted molar refractivity (Wildman–Crippen MR) is 67.3 cm³/mol. The van der Waals surface area contributed by atoms with Crippen molar-refractivity contribution in [3.05, 3.63) is 23.9 Å². The van der Waals surface area contributed by atoms with Gasteiger partial charge in [0.05, 0.1) is 0 Å². The van der Waals surface area contributed by atoms with Crippen molar-refractivity contribution in [1.82, 2.24) is 4.98 Å². The van der Waals surface area contributed by atoms with Crippen molar-refractivity contribution >= 4 is 5.82 Å². The van der Waals surface area contributed by atoms with E-state index in [0.29, 0.717) is 12.6 Å². The highest BCUT2D eigenvalue weighted by atomic mass is 15.2. The summed E-state index contributed by atoms with van der Waals surface area (Å²) in [4.78, 5) is 6.92. The van der Waals surface area contributed by atoms with Gasteiger partial charge in [0.15, 0.2) is 0 Å². The lowest BCUT2D eigenvalue weighted by Crippen LogP contribution is -2.41. The first-order valence-electron chi connectivity index (χ1n) is 6.12. The Hall–Kier alpha value is -1.09. The maximum Gasteiger partial charge on any atom is 0.128 e. The lowest BCUT2D eigenvalue weighted by atomic mass is 9.95. The highest BCUT2D eigenvalue weighted by Gasteiger charge is 2.23. The molecule has 2 heterocycles. The van der Waals surface area contributed by atoms with Gasteiger partial charge in [-0.3, -0.25) is 0 Å². The molecule has 1 aromatic heterocycles. The van der Waals surface area contributed by atoms with Crippen LogP contribution in [-0.2, 0) is 6.54 Å². The van der Waals surface area contributed by atoms with E-state index in [1.165, 1.54) is 12.8 Å². The van der Waals surface area contributed by atoms with Crippen LogP contribution in [0.1, 0.15) is 32.3 Å². The molecular formula is C13H21N3. The fourth-order valence-corrected chi connectivity index (χ4v) is 2.32. The first kappa shape index (κ1) is 11.4. The van der Waals surface area contributed by atoms with Crippen LogP contribution in [0.15, 0.2) is 18.3 Å². The molecule has 3 heteroatoms. The first-order chi connectivity index (χ1) is 7.70. The summed E-state index contributed by atoms with van der Waals surface area (Å²) in [6.07, 6.45) is 4.49. The number of aromatic nitrogens is 1. The Bertz CT molecular complexity index is 334. The molecule has 2 unspecified atom stereocenters. The Labute approximate surface area is 97.7 Å². The van der Waals surface area contributed by atoms with E-state index in [9.17, 15) is 0 Å². The van der Waals surface area contributed by atoms with Crippen LogP contribution in [0.5, 0.6) is 0 Å². The molecule has 2 N–H and O–H groups in total. The Morgan fingerprint density at radius 3 is 2.81 bits per heavy atom. The third-order valence-corrected chi connectivity index (χ3v) is 3.46. The molecule has 0 saturated carbocycles. The van der Waals surface area contributed by atoms with Crippen molar-refractivity contribution in [3.8, 4) is 0 Å². The molecule has 1 aliphatic heterocycles. The number of anilines is 1. The second-order valence-electron chi connectivity index (χ2n) is 4.91. The summed E-state index contributed by atoms with van der Waals surface area (Å²) in [6.45, 7) is 6.28. The molecule has 1 fully saturated rings. The van der Waals surface area contributed by atoms with Crippen molar-refractivity contribution in [2.24, 2.45) is 11.7 Å². The van der Waals surface area contributed by atoms with Crippen LogP contribution in [0.2, 0.25) is 0 Å². The van der Waals surface area contributed by atoms with E-state index in [1.807, 2.05) is 6.20 Å². The standard InChI is InChI=1S/C13H21N3/c1-10-3-4-11(2)16(9-10)13-6-5-12(7-14)8-15-13/h5-6,8,10-11H,3-4,7,9,14H2,1-2H3. The van der Waals surface area contributed by atoms with Crippen molar-refractivity contribution < 1.29 is 0 Å². The molecule has 0 amide bonds. The summed E-state index contributed by atoms with van der Waals surface area (Å²) in [7, 11) is 0. The van der Waals surface area contributed by atoms with E-state index in [2.05, 4.69) is 35.9 Å². The van der Waals surface area contributed by atoms with Crippen molar-refractivity contribution in [3.63, 3.8) is 0 Å². The summed E-state index contributed by atoms with van der Waals surface area (Å²) in [5, 5.41) is 0. The summed E-state index contributed by atoms with van der Waals surface area (Å²) >= 11 is 0. The molecule has 2 atom stereocenters. The Morgan fingerprint density at radius 1 is 1.38 bits per heavy atom. The summed E-state index contributed by atoms with van der Waals surface area (Å²) in [6, 6.07) is 4.78. The van der Waals surface area contributed by atoms with Crippen LogP contribution < -0.4 is 10.6 Å². The molecule has 1 saturated heterocycles. The van der Waals surface area contributed by atoms with Gasteiger partial charge in [-0.05, 0) is 37.3 Å². The number of hydrogen-bond acceptors (Lipinski definition) is 3. The van der Waals surface area contributed by atoms with Gasteiger partial charge in [0, 0.05) is 25.3 Å². The highest BCUT2D eigenvalue weighted by molar-refractivity contribution is 5.41. The predicted octanol–water partition coefficient (Wildman–Crippen LogP) is 2.17. The summed E-state index contributed by atoms with van der Waals surface area (Å²) in [5.41, 5.74) is 6.67. The molecular weight excluding hydrogens is 198 g/mol. The van der Waals surface area contributed by atoms with Crippen LogP contribution in [-0.4, -0.2) is 17.6 Å². The zero-order valence-corrected chi connectivity index (χ0v) is 10.2. The lowest BCUT2D eigenvalue weighted by Gasteiger charge is -2.37. The molecule has 3 nitrogen and oxygen atoms in total. The van der Waals surface area contributed by atoms with E-state index >= 15 is 0 Å². The van der Waals surface area contributed by atoms with E-state index in [-0.39, 0.29) is 0 Å². The quantitative estimate of drug-likeness (QED) is 0.829. The molecule has 0 aromatic carbocycles. The Kier molecular flexibility index (Phi) is 3.44. The van der Waals surface area contributed by atoms with Gasteiger partial charge in [-0.15, -0.1) is 0 Å². The van der Waals surface area contributed by atoms with Gasteiger partial charge in [-0.25, -0.2) is 4.98 Å². The average molecular weight is 219 g/mol. The molecule has 2 rings (SSSR count). The normalized spacial score (nSPS) is 25.8. The summed E-state index contributed by atoms with van der Waals surface area (Å²) < 4.78 is 0. The average Bonchev–Trinajstić information content (AvgIpc) is 2.32. The number of rotatable bonds is 2. The topological polar surface area (TPSA) is 42.1 Å². The van der Waals surface area contributed by atoms with E-state index in [4.69, 9.17) is 5.73 Å². The minimum Gasteiger partial charge on any atom is -0.354 e. The second-order valence-corrected chi connectivity index (χ2v) is 4.91. The van der Waals surface area contributed by atoms with Crippen molar-refractivity contribution in [2.75, 3.05) is 11.4 Å². The molecule has 16 heavy (non-hydrogen) atoms. The monoisotopic (exact) mass is 219 g/mol. The number of piperidine rings is 1. The van der Waals surface area contributed by atoms with Crippen molar-refractivity contribution in [1.29, 1.82) is 0 Å². The van der Waals surface area contributed by atoms with E-state index in [1.54, 1.807) is 0 Å². The molecule has 0 radical (unpaired) electrons. The maximum atomic E-state index is 5.57. The molecule has 0 spiro atoms. The minimum atomic E-state index is 0.569. The van der Waals surface area contributed by atoms with Crippen LogP contribution in [0.3, 0.4) is 0 Å². The van der Waals surface area contributed by atoms with E-state index < -0.39 is 0 Å². The lowest BCUT2D eigenvalue weighted by molar-refractivity contribution is 0.388. The van der Waals surface area contributed by atoms with Gasteiger partial charge >= 0.3 is 0 Å². The molecule has 0 aliphatic carbocycles. The third kappa shape index (κ3) is 2.35. The smallest absolute Gasteiger partial charge is 0.128 e. The highest BCUT2D eigenvalue weighted by Crippen LogP contribution is 2.25. The zero-order chi connectivity index (χ0) is 11.5. The largest absolute Gasteiger partial charge is 0.354 e. The maximum absolute atomic E-state index is 5.57. The molecule has 0 bridgehead atoms. The van der Waals surface area contributed by atoms with Gasteiger partial charge in [0.1, 0.15) is 5.82 Å². The van der Waals surface area contributed by atoms with Crippen LogP contribution in [0.4, 0.5) is 5.82 Å². The van der Waals surface area contributed by atoms with Gasteiger partial charge in [0.25, 0.3) is 0 Å². The van der Waals surface area contributed by atoms with Gasteiger partial charge in [0.2, 0.25) is 0 Å². The number of pyridine rings is 1. The van der Waals surface area contributed by atoms with E-state index in [0.717, 1.165) is 23.8 Å². The van der Waals surface area contributed by atoms with Crippen LogP contribution in [0, 0.1) is 5.92 Å². The van der Waals surface area contributed by atoms with Gasteiger partial charge in [-0.2, -0.15) is 0 Å². The minimum absolute atomic E-state index is 0.569. The fraction of sp³-hybridized carbons (Fsp3) is 0.615. The SMILES string of the molecule is CC1CCC(C)N(c2ccc(CN)cn2)C1. The zero-order valence-electron chi connectivity index (χ0n) is 10.2. The number of hydrogen-bond donors (Lipinski definition) is 1. The van der Waals surface area contributed by atoms with Crippen LogP contribution in [0.25, 0.3) is 0 Å². The Morgan fingerprint density at radius 2 is 2.19 bits per heavy atom. The summed E-state index contributed by atoms with van der Waals surface area (Å²) in [5.74, 6) is 1.86. The second kappa shape index (κ2) is 4.83. The first-order valence-corrected chi connectivity index (χ1v) is 6.12. The van der Waals surface area contributed by atoms with Gasteiger partial charge < -0.3 is 10.6 Å². The number of nitrogens with zero attached hydrogens (tertiary/aromatic N) is 2. The fourth-order valence-electron chi connectivity index (χ4n) is 2.32. The molecule has 1 aliphatic rings. The van der Waals surface area contributed by atoms with Gasteiger partial charge in [-0.1, -0.05) is 13.0 Å².